The van der Waals surface area contributed by atoms with Crippen molar-refractivity contribution < 1.29 is 0 Å². The van der Waals surface area contributed by atoms with Crippen molar-refractivity contribution in [3.05, 3.63) is 40.3 Å². The third kappa shape index (κ3) is 3.68. The number of hydrogen-bond donors (Lipinski definition) is 1. The minimum Gasteiger partial charge on any atom is -0.312 e. The summed E-state index contributed by atoms with van der Waals surface area (Å²) >= 11 is 1.76. The molecule has 0 aromatic carbocycles. The van der Waals surface area contributed by atoms with E-state index in [1.807, 2.05) is 10.9 Å². The predicted molar refractivity (Wildman–Crippen MR) is 77.0 cm³/mol. The first-order valence-electron chi connectivity index (χ1n) is 6.31. The van der Waals surface area contributed by atoms with Crippen LogP contribution in [0, 0.1) is 0 Å². The number of hydrogen-bond acceptors (Lipinski definition) is 3. The molecule has 18 heavy (non-hydrogen) atoms. The van der Waals surface area contributed by atoms with Crippen LogP contribution in [0.1, 0.15) is 31.9 Å². The quantitative estimate of drug-likeness (QED) is 0.840. The molecule has 0 spiro atoms. The number of rotatable bonds is 5. The molecule has 0 aliphatic carbocycles. The standard InChI is InChI=1S/C14H21N3S/c1-14(2,3)17-10-13(9-16-17)8-15-6-4-12-5-7-18-11-12/h5,7,9-11,15H,4,6,8H2,1-3H3. The Morgan fingerprint density at radius 3 is 2.78 bits per heavy atom. The molecular formula is C14H21N3S. The number of nitrogens with one attached hydrogen (secondary N) is 1. The molecule has 0 aliphatic rings. The Kier molecular flexibility index (Phi) is 4.19. The second-order valence-electron chi connectivity index (χ2n) is 5.52. The van der Waals surface area contributed by atoms with Crippen molar-refractivity contribution in [1.82, 2.24) is 15.1 Å². The van der Waals surface area contributed by atoms with Gasteiger partial charge in [-0.3, -0.25) is 4.68 Å². The van der Waals surface area contributed by atoms with E-state index < -0.39 is 0 Å². The van der Waals surface area contributed by atoms with Crippen LogP contribution in [0.25, 0.3) is 0 Å². The molecule has 0 amide bonds. The molecule has 0 radical (unpaired) electrons. The zero-order chi connectivity index (χ0) is 13.0. The van der Waals surface area contributed by atoms with Gasteiger partial charge in [0.2, 0.25) is 0 Å². The number of thiophene rings is 1. The molecule has 3 nitrogen and oxygen atoms in total. The SMILES string of the molecule is CC(C)(C)n1cc(CNCCc2ccsc2)cn1. The lowest BCUT2D eigenvalue weighted by atomic mass is 10.1. The first kappa shape index (κ1) is 13.3. The Balaban J connectivity index is 1.75. The summed E-state index contributed by atoms with van der Waals surface area (Å²) in [6, 6.07) is 2.18. The first-order chi connectivity index (χ1) is 8.55. The summed E-state index contributed by atoms with van der Waals surface area (Å²) in [4.78, 5) is 0. The second kappa shape index (κ2) is 5.67. The molecular weight excluding hydrogens is 242 g/mol. The van der Waals surface area contributed by atoms with Crippen molar-refractivity contribution in [2.75, 3.05) is 6.54 Å². The third-order valence-corrected chi connectivity index (χ3v) is 3.56. The molecule has 2 aromatic rings. The van der Waals surface area contributed by atoms with Gasteiger partial charge in [-0.2, -0.15) is 16.4 Å². The van der Waals surface area contributed by atoms with Gasteiger partial charge in [0.15, 0.2) is 0 Å². The molecule has 0 fully saturated rings. The molecule has 0 atom stereocenters. The van der Waals surface area contributed by atoms with E-state index in [2.05, 4.69) is 54.2 Å². The highest BCUT2D eigenvalue weighted by Gasteiger charge is 2.13. The minimum absolute atomic E-state index is 0.0644. The van der Waals surface area contributed by atoms with Gasteiger partial charge in [-0.05, 0) is 56.1 Å². The lowest BCUT2D eigenvalue weighted by Crippen LogP contribution is -2.22. The maximum atomic E-state index is 4.39. The van der Waals surface area contributed by atoms with Crippen molar-refractivity contribution in [3.63, 3.8) is 0 Å². The van der Waals surface area contributed by atoms with Gasteiger partial charge in [0.05, 0.1) is 11.7 Å². The summed E-state index contributed by atoms with van der Waals surface area (Å²) in [5, 5.41) is 12.2. The molecule has 1 N–H and O–H groups in total. The average Bonchev–Trinajstić information content (AvgIpc) is 2.95. The molecule has 0 aliphatic heterocycles. The van der Waals surface area contributed by atoms with Gasteiger partial charge < -0.3 is 5.32 Å². The van der Waals surface area contributed by atoms with Crippen molar-refractivity contribution in [2.24, 2.45) is 0 Å². The van der Waals surface area contributed by atoms with E-state index >= 15 is 0 Å². The van der Waals surface area contributed by atoms with Crippen molar-refractivity contribution >= 4 is 11.3 Å². The van der Waals surface area contributed by atoms with Gasteiger partial charge >= 0.3 is 0 Å². The van der Waals surface area contributed by atoms with Gasteiger partial charge in [-0.1, -0.05) is 0 Å². The summed E-state index contributed by atoms with van der Waals surface area (Å²) in [5.74, 6) is 0. The van der Waals surface area contributed by atoms with Gasteiger partial charge in [0, 0.05) is 18.3 Å². The topological polar surface area (TPSA) is 29.9 Å². The van der Waals surface area contributed by atoms with E-state index in [-0.39, 0.29) is 5.54 Å². The molecule has 98 valence electrons. The maximum absolute atomic E-state index is 4.39. The van der Waals surface area contributed by atoms with E-state index in [9.17, 15) is 0 Å². The Morgan fingerprint density at radius 2 is 2.17 bits per heavy atom. The second-order valence-corrected chi connectivity index (χ2v) is 6.30. The smallest absolute Gasteiger partial charge is 0.0543 e. The number of nitrogens with zero attached hydrogens (tertiary/aromatic N) is 2. The van der Waals surface area contributed by atoms with E-state index in [0.717, 1.165) is 19.5 Å². The average molecular weight is 263 g/mol. The Bertz CT molecular complexity index is 465. The van der Waals surface area contributed by atoms with Crippen LogP contribution in [0.15, 0.2) is 29.2 Å². The maximum Gasteiger partial charge on any atom is 0.0543 e. The lowest BCUT2D eigenvalue weighted by Gasteiger charge is -2.18. The molecule has 0 saturated heterocycles. The molecule has 2 heterocycles. The normalized spacial score (nSPS) is 11.9. The lowest BCUT2D eigenvalue weighted by molar-refractivity contribution is 0.355. The van der Waals surface area contributed by atoms with Crippen molar-refractivity contribution in [1.29, 1.82) is 0 Å². The van der Waals surface area contributed by atoms with Crippen LogP contribution in [0.4, 0.5) is 0 Å². The van der Waals surface area contributed by atoms with E-state index in [0.29, 0.717) is 0 Å². The largest absolute Gasteiger partial charge is 0.312 e. The van der Waals surface area contributed by atoms with Crippen LogP contribution in [0.3, 0.4) is 0 Å². The summed E-state index contributed by atoms with van der Waals surface area (Å²) in [7, 11) is 0. The van der Waals surface area contributed by atoms with Crippen molar-refractivity contribution in [2.45, 2.75) is 39.3 Å². The molecule has 2 aromatic heterocycles. The molecule has 0 bridgehead atoms. The van der Waals surface area contributed by atoms with Gasteiger partial charge in [0.1, 0.15) is 0 Å². The highest BCUT2D eigenvalue weighted by molar-refractivity contribution is 7.07. The molecule has 4 heteroatoms. The summed E-state index contributed by atoms with van der Waals surface area (Å²) in [6.07, 6.45) is 5.16. The number of aromatic nitrogens is 2. The predicted octanol–water partition coefficient (Wildman–Crippen LogP) is 3.03. The van der Waals surface area contributed by atoms with E-state index in [1.165, 1.54) is 11.1 Å². The summed E-state index contributed by atoms with van der Waals surface area (Å²) in [6.45, 7) is 8.38. The van der Waals surface area contributed by atoms with Gasteiger partial charge in [-0.15, -0.1) is 0 Å². The van der Waals surface area contributed by atoms with Gasteiger partial charge in [0.25, 0.3) is 0 Å². The first-order valence-corrected chi connectivity index (χ1v) is 7.26. The fourth-order valence-corrected chi connectivity index (χ4v) is 2.42. The van der Waals surface area contributed by atoms with Crippen LogP contribution < -0.4 is 5.32 Å². The minimum atomic E-state index is 0.0644. The van der Waals surface area contributed by atoms with Crippen LogP contribution in [-0.4, -0.2) is 16.3 Å². The summed E-state index contributed by atoms with van der Waals surface area (Å²) in [5.41, 5.74) is 2.72. The molecule has 2 rings (SSSR count). The van der Waals surface area contributed by atoms with Crippen molar-refractivity contribution in [3.8, 4) is 0 Å². The van der Waals surface area contributed by atoms with Gasteiger partial charge in [-0.25, -0.2) is 0 Å². The summed E-state index contributed by atoms with van der Waals surface area (Å²) < 4.78 is 2.02. The van der Waals surface area contributed by atoms with Crippen LogP contribution in [0.2, 0.25) is 0 Å². The Labute approximate surface area is 113 Å². The Hall–Kier alpha value is -1.13. The monoisotopic (exact) mass is 263 g/mol. The van der Waals surface area contributed by atoms with Crippen LogP contribution in [0.5, 0.6) is 0 Å². The fourth-order valence-electron chi connectivity index (χ4n) is 1.72. The van der Waals surface area contributed by atoms with E-state index in [1.54, 1.807) is 11.3 Å². The Morgan fingerprint density at radius 1 is 1.33 bits per heavy atom. The zero-order valence-electron chi connectivity index (χ0n) is 11.3. The van der Waals surface area contributed by atoms with Crippen LogP contribution >= 0.6 is 11.3 Å². The highest BCUT2D eigenvalue weighted by Crippen LogP contribution is 2.13. The zero-order valence-corrected chi connectivity index (χ0v) is 12.1. The molecule has 0 saturated carbocycles. The fraction of sp³-hybridized carbons (Fsp3) is 0.500. The van der Waals surface area contributed by atoms with E-state index in [4.69, 9.17) is 0 Å². The third-order valence-electron chi connectivity index (χ3n) is 2.82. The van der Waals surface area contributed by atoms with Crippen LogP contribution in [-0.2, 0) is 18.5 Å². The molecule has 0 unspecified atom stereocenters. The highest BCUT2D eigenvalue weighted by atomic mass is 32.1.